The van der Waals surface area contributed by atoms with Gasteiger partial charge < -0.3 is 0 Å². The van der Waals surface area contributed by atoms with Crippen LogP contribution in [-0.2, 0) is 0 Å². The van der Waals surface area contributed by atoms with Crippen LogP contribution in [0.4, 0.5) is 0 Å². The number of rotatable bonds is 4. The van der Waals surface area contributed by atoms with Gasteiger partial charge in [-0.05, 0) is 0 Å². The van der Waals surface area contributed by atoms with Crippen molar-refractivity contribution in [3.05, 3.63) is 28.8 Å². The molecule has 0 aliphatic rings. The summed E-state index contributed by atoms with van der Waals surface area (Å²) < 4.78 is 1.45. The molecule has 0 aliphatic heterocycles. The predicted octanol–water partition coefficient (Wildman–Crippen LogP) is 6.39. The van der Waals surface area contributed by atoms with Crippen LogP contribution in [-0.4, -0.2) is 22.2 Å². The Morgan fingerprint density at radius 3 is 1.32 bits per heavy atom. The first kappa shape index (κ1) is 22.3. The van der Waals surface area contributed by atoms with Crippen molar-refractivity contribution >= 4 is 36.6 Å². The van der Waals surface area contributed by atoms with Crippen LogP contribution >= 0.6 is 10.0 Å². The summed E-state index contributed by atoms with van der Waals surface area (Å²) >= 11 is -1.41. The summed E-state index contributed by atoms with van der Waals surface area (Å²) in [5, 5.41) is 0. The summed E-state index contributed by atoms with van der Waals surface area (Å²) in [5.41, 5.74) is 6.89. The predicted molar refractivity (Wildman–Crippen MR) is 109 cm³/mol. The number of halogens is 1. The van der Waals surface area contributed by atoms with Gasteiger partial charge in [0.05, 0.1) is 8.80 Å². The van der Waals surface area contributed by atoms with E-state index in [9.17, 15) is 0 Å². The second kappa shape index (κ2) is 10.2. The first-order chi connectivity index (χ1) is 9.98. The Balaban J connectivity index is 0.000000409. The van der Waals surface area contributed by atoms with Gasteiger partial charge in [0, 0.05) is 0 Å². The van der Waals surface area contributed by atoms with Crippen LogP contribution in [0.1, 0.15) is 58.2 Å². The Bertz CT molecular complexity index is 411. The molecule has 0 saturated carbocycles. The average Bonchev–Trinajstić information content (AvgIpc) is 2.24. The van der Waals surface area contributed by atoms with Crippen LogP contribution in [0.25, 0.3) is 0 Å². The van der Waals surface area contributed by atoms with E-state index in [4.69, 9.17) is 10.0 Å². The topological polar surface area (TPSA) is 0 Å². The molecule has 126 valence electrons. The molecule has 0 heterocycles. The molecular formula is C19H35ClGeSi. The fourth-order valence-electron chi connectivity index (χ4n) is 3.72. The van der Waals surface area contributed by atoms with Crippen LogP contribution in [0, 0.1) is 20.8 Å². The molecule has 22 heavy (non-hydrogen) atoms. The summed E-state index contributed by atoms with van der Waals surface area (Å²) in [4.78, 5) is 0. The number of hydrogen-bond donors (Lipinski definition) is 0. The van der Waals surface area contributed by atoms with Crippen LogP contribution in [0.2, 0.25) is 22.4 Å². The Morgan fingerprint density at radius 1 is 0.818 bits per heavy atom. The molecule has 0 spiro atoms. The monoisotopic (exact) mass is 400 g/mol. The minimum atomic E-state index is -1.41. The zero-order chi connectivity index (χ0) is 17.6. The van der Waals surface area contributed by atoms with Gasteiger partial charge in [-0.25, -0.2) is 0 Å². The van der Waals surface area contributed by atoms with E-state index in [2.05, 4.69) is 80.2 Å². The number of benzene rings is 1. The van der Waals surface area contributed by atoms with Crippen LogP contribution < -0.4 is 4.40 Å². The summed E-state index contributed by atoms with van der Waals surface area (Å²) in [6, 6.07) is 4.45. The fourth-order valence-corrected chi connectivity index (χ4v) is 11.9. The van der Waals surface area contributed by atoms with E-state index in [1.165, 1.54) is 21.1 Å². The average molecular weight is 400 g/mol. The van der Waals surface area contributed by atoms with E-state index in [0.29, 0.717) is 0 Å². The van der Waals surface area contributed by atoms with E-state index in [1.807, 2.05) is 0 Å². The molecule has 1 rings (SSSR count). The first-order valence-electron chi connectivity index (χ1n) is 8.42. The van der Waals surface area contributed by atoms with E-state index in [1.54, 1.807) is 0 Å². The zero-order valence-corrected chi connectivity index (χ0v) is 20.1. The molecule has 0 aliphatic carbocycles. The van der Waals surface area contributed by atoms with E-state index in [0.717, 1.165) is 16.6 Å². The molecule has 1 aromatic rings. The molecule has 0 saturated heterocycles. The van der Waals surface area contributed by atoms with Crippen molar-refractivity contribution in [2.75, 3.05) is 0 Å². The standard InChI is InChI=1S/C10H14ClGe.C9H21Si/c1-7-5-8(2)10(12(4)11)9(3)6-7;1-7(2)10(8(3)4)9(5)6/h5-6H,1-4H3;7-9H,1-6H3. The van der Waals surface area contributed by atoms with Crippen molar-refractivity contribution in [3.63, 3.8) is 0 Å². The summed E-state index contributed by atoms with van der Waals surface area (Å²) in [5.74, 6) is 2.19. The summed E-state index contributed by atoms with van der Waals surface area (Å²) in [6.45, 7) is 20.7. The fraction of sp³-hybridized carbons (Fsp3) is 0.684. The van der Waals surface area contributed by atoms with Crippen molar-refractivity contribution in [1.29, 1.82) is 0 Å². The van der Waals surface area contributed by atoms with E-state index in [-0.39, 0.29) is 8.80 Å². The normalized spacial score (nSPS) is 11.6. The molecule has 0 nitrogen and oxygen atoms in total. The molecule has 0 unspecified atom stereocenters. The third-order valence-corrected chi connectivity index (χ3v) is 12.1. The Labute approximate surface area is 149 Å². The van der Waals surface area contributed by atoms with Crippen LogP contribution in [0.15, 0.2) is 12.1 Å². The maximum atomic E-state index is 6.23. The minimum absolute atomic E-state index is 0.0957. The van der Waals surface area contributed by atoms with Gasteiger partial charge in [0.15, 0.2) is 0 Å². The Kier molecular flexibility index (Phi) is 10.3. The molecule has 0 N–H and O–H groups in total. The third-order valence-electron chi connectivity index (χ3n) is 4.02. The molecule has 2 radical (unpaired) electrons. The van der Waals surface area contributed by atoms with Gasteiger partial charge >= 0.3 is 83.2 Å². The molecule has 0 atom stereocenters. The first-order valence-corrected chi connectivity index (χ1v) is 16.1. The third kappa shape index (κ3) is 7.23. The second-order valence-electron chi connectivity index (χ2n) is 7.27. The number of hydrogen-bond acceptors (Lipinski definition) is 0. The summed E-state index contributed by atoms with van der Waals surface area (Å²) in [7, 11) is 6.14. The van der Waals surface area contributed by atoms with E-state index >= 15 is 0 Å². The number of aryl methyl sites for hydroxylation is 3. The molecule has 0 amide bonds. The van der Waals surface area contributed by atoms with Crippen LogP contribution in [0.5, 0.6) is 0 Å². The Morgan fingerprint density at radius 2 is 1.14 bits per heavy atom. The molecule has 3 heteroatoms. The van der Waals surface area contributed by atoms with Crippen molar-refractivity contribution in [2.45, 2.75) is 84.7 Å². The van der Waals surface area contributed by atoms with Crippen molar-refractivity contribution in [3.8, 4) is 0 Å². The molecular weight excluding hydrogens is 364 g/mol. The van der Waals surface area contributed by atoms with Gasteiger partial charge in [-0.1, -0.05) is 58.2 Å². The van der Waals surface area contributed by atoms with Crippen LogP contribution in [0.3, 0.4) is 0 Å². The zero-order valence-electron chi connectivity index (χ0n) is 16.3. The Hall–Kier alpha value is 0.270. The van der Waals surface area contributed by atoms with Gasteiger partial charge in [-0.2, -0.15) is 0 Å². The summed E-state index contributed by atoms with van der Waals surface area (Å²) in [6.07, 6.45) is 0. The molecule has 0 fully saturated rings. The van der Waals surface area contributed by atoms with Gasteiger partial charge in [0.2, 0.25) is 0 Å². The van der Waals surface area contributed by atoms with Crippen molar-refractivity contribution in [1.82, 2.24) is 0 Å². The van der Waals surface area contributed by atoms with Gasteiger partial charge in [-0.3, -0.25) is 0 Å². The van der Waals surface area contributed by atoms with E-state index < -0.39 is 13.4 Å². The van der Waals surface area contributed by atoms with Crippen molar-refractivity contribution < 1.29 is 0 Å². The molecule has 1 aromatic carbocycles. The quantitative estimate of drug-likeness (QED) is 0.515. The van der Waals surface area contributed by atoms with Crippen molar-refractivity contribution in [2.24, 2.45) is 0 Å². The SMILES string of the molecule is CC(C)[Si](C(C)C)C(C)C.Cc1cc(C)[c]([Ge]([CH3])[Cl])c(C)c1. The van der Waals surface area contributed by atoms with Gasteiger partial charge in [0.25, 0.3) is 0 Å². The van der Waals surface area contributed by atoms with Gasteiger partial charge in [-0.15, -0.1) is 0 Å². The molecule has 0 aromatic heterocycles. The molecule has 0 bridgehead atoms. The van der Waals surface area contributed by atoms with Gasteiger partial charge in [0.1, 0.15) is 0 Å². The maximum absolute atomic E-state index is 6.23. The second-order valence-corrected chi connectivity index (χ2v) is 18.0.